The van der Waals surface area contributed by atoms with Crippen LogP contribution >= 0.6 is 15.9 Å². The molecule has 0 bridgehead atoms. The molecule has 0 radical (unpaired) electrons. The summed E-state index contributed by atoms with van der Waals surface area (Å²) in [5, 5.41) is 5.74. The highest BCUT2D eigenvalue weighted by Gasteiger charge is 2.07. The van der Waals surface area contributed by atoms with E-state index in [0.29, 0.717) is 0 Å². The van der Waals surface area contributed by atoms with Crippen LogP contribution in [0.2, 0.25) is 0 Å². The van der Waals surface area contributed by atoms with Crippen molar-refractivity contribution in [1.82, 2.24) is 4.98 Å². The summed E-state index contributed by atoms with van der Waals surface area (Å²) in [6.07, 6.45) is 1.24. The number of nitrogens with zero attached hydrogens (tertiary/aromatic N) is 1. The topological polar surface area (TPSA) is 24.9 Å². The van der Waals surface area contributed by atoms with E-state index in [2.05, 4.69) is 50.5 Å². The summed E-state index contributed by atoms with van der Waals surface area (Å²) in [5.41, 5.74) is 1.83. The molecular weight excluding hydrogens is 331 g/mol. The average molecular weight is 345 g/mol. The van der Waals surface area contributed by atoms with Gasteiger partial charge >= 0.3 is 0 Å². The molecule has 0 saturated carbocycles. The number of pyridine rings is 1. The van der Waals surface area contributed by atoms with Crippen molar-refractivity contribution in [2.24, 2.45) is 0 Å². The van der Waals surface area contributed by atoms with Gasteiger partial charge in [0.1, 0.15) is 5.82 Å². The molecule has 1 heterocycles. The predicted molar refractivity (Wildman–Crippen MR) is 87.9 cm³/mol. The molecule has 0 spiro atoms. The van der Waals surface area contributed by atoms with Crippen LogP contribution in [0.3, 0.4) is 0 Å². The minimum Gasteiger partial charge on any atom is -0.377 e. The van der Waals surface area contributed by atoms with E-state index in [1.807, 2.05) is 19.1 Å². The third-order valence-electron chi connectivity index (χ3n) is 3.38. The highest BCUT2D eigenvalue weighted by molar-refractivity contribution is 9.10. The van der Waals surface area contributed by atoms with E-state index in [9.17, 15) is 4.39 Å². The molecule has 0 fully saturated rings. The predicted octanol–water partition coefficient (Wildman–Crippen LogP) is 5.31. The number of benzene rings is 2. The van der Waals surface area contributed by atoms with Gasteiger partial charge in [-0.3, -0.25) is 4.98 Å². The summed E-state index contributed by atoms with van der Waals surface area (Å²) < 4.78 is 14.0. The highest BCUT2D eigenvalue weighted by atomic mass is 79.9. The second-order valence-electron chi connectivity index (χ2n) is 4.97. The molecule has 3 aromatic rings. The molecule has 0 amide bonds. The third-order valence-corrected chi connectivity index (χ3v) is 3.87. The lowest BCUT2D eigenvalue weighted by atomic mass is 10.1. The Bertz CT molecular complexity index is 771. The summed E-state index contributed by atoms with van der Waals surface area (Å²) in [5.74, 6) is -0.317. The van der Waals surface area contributed by atoms with Crippen molar-refractivity contribution in [3.05, 3.63) is 70.7 Å². The van der Waals surface area contributed by atoms with Crippen LogP contribution in [0.4, 0.5) is 10.1 Å². The maximum atomic E-state index is 12.9. The van der Waals surface area contributed by atoms with Crippen molar-refractivity contribution in [2.45, 2.75) is 13.0 Å². The van der Waals surface area contributed by atoms with E-state index in [1.165, 1.54) is 23.0 Å². The van der Waals surface area contributed by atoms with E-state index in [1.54, 1.807) is 6.07 Å². The summed E-state index contributed by atoms with van der Waals surface area (Å²) >= 11 is 3.47. The number of rotatable bonds is 3. The van der Waals surface area contributed by atoms with Gasteiger partial charge in [0.2, 0.25) is 0 Å². The molecule has 1 N–H and O–H groups in total. The lowest BCUT2D eigenvalue weighted by molar-refractivity contribution is 0.617. The molecule has 1 unspecified atom stereocenters. The van der Waals surface area contributed by atoms with E-state index in [-0.39, 0.29) is 11.9 Å². The zero-order valence-electron chi connectivity index (χ0n) is 11.5. The fourth-order valence-electron chi connectivity index (χ4n) is 2.27. The van der Waals surface area contributed by atoms with Gasteiger partial charge in [-0.1, -0.05) is 28.1 Å². The van der Waals surface area contributed by atoms with Gasteiger partial charge in [0.15, 0.2) is 0 Å². The molecule has 106 valence electrons. The Balaban J connectivity index is 1.84. The zero-order chi connectivity index (χ0) is 14.8. The smallest absolute Gasteiger partial charge is 0.141 e. The summed E-state index contributed by atoms with van der Waals surface area (Å²) in [6.45, 7) is 2.01. The van der Waals surface area contributed by atoms with Crippen molar-refractivity contribution < 1.29 is 4.39 Å². The van der Waals surface area contributed by atoms with E-state index < -0.39 is 0 Å². The number of halogens is 2. The van der Waals surface area contributed by atoms with Gasteiger partial charge in [0.05, 0.1) is 17.9 Å². The van der Waals surface area contributed by atoms with Crippen LogP contribution in [0.1, 0.15) is 18.7 Å². The second-order valence-corrected chi connectivity index (χ2v) is 5.89. The van der Waals surface area contributed by atoms with E-state index in [0.717, 1.165) is 15.9 Å². The molecule has 3 rings (SSSR count). The first kappa shape index (κ1) is 14.0. The molecule has 2 aromatic carbocycles. The van der Waals surface area contributed by atoms with Gasteiger partial charge in [0.25, 0.3) is 0 Å². The van der Waals surface area contributed by atoms with Gasteiger partial charge in [-0.05, 0) is 54.1 Å². The van der Waals surface area contributed by atoms with Gasteiger partial charge in [-0.25, -0.2) is 4.39 Å². The third kappa shape index (κ3) is 3.22. The number of fused-ring (bicyclic) bond motifs is 1. The minimum absolute atomic E-state index is 0.0125. The van der Waals surface area contributed by atoms with Crippen LogP contribution in [0, 0.1) is 5.82 Å². The first-order valence-corrected chi connectivity index (χ1v) is 7.48. The maximum absolute atomic E-state index is 12.9. The summed E-state index contributed by atoms with van der Waals surface area (Å²) in [6, 6.07) is 15.5. The Morgan fingerprint density at radius 2 is 1.81 bits per heavy atom. The van der Waals surface area contributed by atoms with Crippen LogP contribution in [0.15, 0.2) is 59.2 Å². The van der Waals surface area contributed by atoms with Crippen LogP contribution in [0.5, 0.6) is 0 Å². The standard InChI is InChI=1S/C17H14BrFN2/c1-11(17-7-5-15(19)10-20-17)21-16-6-3-12-8-14(18)4-2-13(12)9-16/h2-11,21H,1H3. The van der Waals surface area contributed by atoms with Gasteiger partial charge in [0, 0.05) is 10.2 Å². The maximum Gasteiger partial charge on any atom is 0.141 e. The molecule has 0 aliphatic rings. The largest absolute Gasteiger partial charge is 0.377 e. The normalized spacial score (nSPS) is 12.3. The second kappa shape index (κ2) is 5.82. The lowest BCUT2D eigenvalue weighted by Crippen LogP contribution is -2.08. The van der Waals surface area contributed by atoms with Gasteiger partial charge in [-0.2, -0.15) is 0 Å². The first-order chi connectivity index (χ1) is 10.1. The van der Waals surface area contributed by atoms with Crippen molar-refractivity contribution in [3.63, 3.8) is 0 Å². The van der Waals surface area contributed by atoms with Crippen LogP contribution < -0.4 is 5.32 Å². The first-order valence-electron chi connectivity index (χ1n) is 6.69. The fourth-order valence-corrected chi connectivity index (χ4v) is 2.65. The minimum atomic E-state index is -0.317. The highest BCUT2D eigenvalue weighted by Crippen LogP contribution is 2.25. The molecular formula is C17H14BrFN2. The number of nitrogens with one attached hydrogen (secondary N) is 1. The Kier molecular flexibility index (Phi) is 3.88. The molecule has 1 atom stereocenters. The van der Waals surface area contributed by atoms with Crippen molar-refractivity contribution >= 4 is 32.4 Å². The number of aromatic nitrogens is 1. The molecule has 4 heteroatoms. The number of anilines is 1. The molecule has 21 heavy (non-hydrogen) atoms. The Morgan fingerprint density at radius 1 is 1.05 bits per heavy atom. The number of hydrogen-bond acceptors (Lipinski definition) is 2. The zero-order valence-corrected chi connectivity index (χ0v) is 13.1. The van der Waals surface area contributed by atoms with Gasteiger partial charge in [-0.15, -0.1) is 0 Å². The molecule has 2 nitrogen and oxygen atoms in total. The van der Waals surface area contributed by atoms with Crippen molar-refractivity contribution in [3.8, 4) is 0 Å². The van der Waals surface area contributed by atoms with Crippen molar-refractivity contribution in [2.75, 3.05) is 5.32 Å². The quantitative estimate of drug-likeness (QED) is 0.696. The molecule has 0 aliphatic heterocycles. The fraction of sp³-hybridized carbons (Fsp3) is 0.118. The molecule has 1 aromatic heterocycles. The Morgan fingerprint density at radius 3 is 2.57 bits per heavy atom. The monoisotopic (exact) mass is 344 g/mol. The van der Waals surface area contributed by atoms with Gasteiger partial charge < -0.3 is 5.32 Å². The summed E-state index contributed by atoms with van der Waals surface area (Å²) in [7, 11) is 0. The van der Waals surface area contributed by atoms with Crippen LogP contribution in [-0.4, -0.2) is 4.98 Å². The summed E-state index contributed by atoms with van der Waals surface area (Å²) in [4.78, 5) is 4.10. The average Bonchev–Trinajstić information content (AvgIpc) is 2.48. The Hall–Kier alpha value is -1.94. The van der Waals surface area contributed by atoms with E-state index in [4.69, 9.17) is 0 Å². The lowest BCUT2D eigenvalue weighted by Gasteiger charge is -2.15. The van der Waals surface area contributed by atoms with E-state index >= 15 is 0 Å². The molecule has 0 saturated heterocycles. The van der Waals surface area contributed by atoms with Crippen molar-refractivity contribution in [1.29, 1.82) is 0 Å². The molecule has 0 aliphatic carbocycles. The SMILES string of the molecule is CC(Nc1ccc2cc(Br)ccc2c1)c1ccc(F)cn1. The van der Waals surface area contributed by atoms with Crippen LogP contribution in [0.25, 0.3) is 10.8 Å². The Labute approximate surface area is 131 Å². The number of hydrogen-bond donors (Lipinski definition) is 1. The van der Waals surface area contributed by atoms with Crippen LogP contribution in [-0.2, 0) is 0 Å².